The van der Waals surface area contributed by atoms with Gasteiger partial charge in [-0.15, -0.1) is 0 Å². The molecular formula is C14H31NO4. The van der Waals surface area contributed by atoms with Crippen LogP contribution in [0.5, 0.6) is 0 Å². The van der Waals surface area contributed by atoms with Gasteiger partial charge in [-0.25, -0.2) is 0 Å². The first-order chi connectivity index (χ1) is 9.31. The summed E-state index contributed by atoms with van der Waals surface area (Å²) >= 11 is 0. The van der Waals surface area contributed by atoms with E-state index in [4.69, 9.17) is 14.2 Å². The summed E-state index contributed by atoms with van der Waals surface area (Å²) < 4.78 is 15.4. The van der Waals surface area contributed by atoms with Gasteiger partial charge in [0.1, 0.15) is 6.61 Å². The molecule has 1 N–H and O–H groups in total. The Labute approximate surface area is 118 Å². The van der Waals surface area contributed by atoms with Gasteiger partial charge in [0.15, 0.2) is 0 Å². The molecule has 0 saturated carbocycles. The van der Waals surface area contributed by atoms with Gasteiger partial charge in [-0.3, -0.25) is 4.79 Å². The maximum absolute atomic E-state index is 10.8. The molecule has 116 valence electrons. The van der Waals surface area contributed by atoms with Crippen molar-refractivity contribution < 1.29 is 19.0 Å². The smallest absolute Gasteiger partial charge is 0.245 e. The fourth-order valence-electron chi connectivity index (χ4n) is 1.24. The summed E-state index contributed by atoms with van der Waals surface area (Å²) in [6.45, 7) is 6.94. The summed E-state index contributed by atoms with van der Waals surface area (Å²) in [6.07, 6.45) is 4.31. The van der Waals surface area contributed by atoms with Crippen molar-refractivity contribution in [2.45, 2.75) is 39.5 Å². The van der Waals surface area contributed by atoms with Gasteiger partial charge in [-0.1, -0.05) is 26.7 Å². The predicted octanol–water partition coefficient (Wildman–Crippen LogP) is 2.00. The molecule has 5 nitrogen and oxygen atoms in total. The Bertz CT molecular complexity index is 177. The predicted molar refractivity (Wildman–Crippen MR) is 77.4 cm³/mol. The molecular weight excluding hydrogens is 246 g/mol. The van der Waals surface area contributed by atoms with Gasteiger partial charge >= 0.3 is 0 Å². The second-order valence-electron chi connectivity index (χ2n) is 3.75. The van der Waals surface area contributed by atoms with E-state index in [9.17, 15) is 4.79 Å². The van der Waals surface area contributed by atoms with Crippen molar-refractivity contribution in [3.63, 3.8) is 0 Å². The highest BCUT2D eigenvalue weighted by Gasteiger charge is 1.96. The first-order valence-electron chi connectivity index (χ1n) is 7.16. The van der Waals surface area contributed by atoms with E-state index >= 15 is 0 Å². The molecule has 0 aromatic carbocycles. The van der Waals surface area contributed by atoms with Gasteiger partial charge < -0.3 is 19.5 Å². The van der Waals surface area contributed by atoms with E-state index in [-0.39, 0.29) is 12.5 Å². The van der Waals surface area contributed by atoms with E-state index in [2.05, 4.69) is 5.32 Å². The van der Waals surface area contributed by atoms with E-state index in [1.807, 2.05) is 13.8 Å². The summed E-state index contributed by atoms with van der Waals surface area (Å²) in [6, 6.07) is 0. The van der Waals surface area contributed by atoms with Crippen LogP contribution in [0, 0.1) is 0 Å². The molecule has 0 unspecified atom stereocenters. The highest BCUT2D eigenvalue weighted by atomic mass is 16.5. The molecule has 0 saturated heterocycles. The van der Waals surface area contributed by atoms with Crippen molar-refractivity contribution in [1.29, 1.82) is 0 Å². The number of nitrogens with one attached hydrogen (secondary N) is 1. The highest BCUT2D eigenvalue weighted by molar-refractivity contribution is 5.76. The van der Waals surface area contributed by atoms with Gasteiger partial charge in [0, 0.05) is 27.4 Å². The number of hydrogen-bond donors (Lipinski definition) is 1. The summed E-state index contributed by atoms with van der Waals surface area (Å²) in [5.41, 5.74) is 0. The molecule has 0 aliphatic carbocycles. The van der Waals surface area contributed by atoms with E-state index in [0.717, 1.165) is 32.3 Å². The van der Waals surface area contributed by atoms with Crippen LogP contribution in [0.4, 0.5) is 0 Å². The molecule has 0 aromatic heterocycles. The second-order valence-corrected chi connectivity index (χ2v) is 3.75. The van der Waals surface area contributed by atoms with E-state index in [1.165, 1.54) is 0 Å². The lowest BCUT2D eigenvalue weighted by Gasteiger charge is -2.04. The Balaban J connectivity index is 0. The average molecular weight is 277 g/mol. The summed E-state index contributed by atoms with van der Waals surface area (Å²) in [5, 5.41) is 2.51. The molecule has 1 amide bonds. The number of carbonyl (C=O) groups is 1. The monoisotopic (exact) mass is 277 g/mol. The lowest BCUT2D eigenvalue weighted by Crippen LogP contribution is -2.23. The third-order valence-electron chi connectivity index (χ3n) is 2.27. The Kier molecular flexibility index (Phi) is 21.4. The lowest BCUT2D eigenvalue weighted by atomic mass is 10.2. The zero-order valence-electron chi connectivity index (χ0n) is 13.0. The van der Waals surface area contributed by atoms with Crippen molar-refractivity contribution in [3.05, 3.63) is 0 Å². The van der Waals surface area contributed by atoms with Gasteiger partial charge in [0.25, 0.3) is 0 Å². The maximum atomic E-state index is 10.8. The molecule has 0 aliphatic rings. The SMILES string of the molecule is CC.CNC(=O)COCCCCCCOCCOC. The summed E-state index contributed by atoms with van der Waals surface area (Å²) in [4.78, 5) is 10.8. The van der Waals surface area contributed by atoms with Crippen molar-refractivity contribution in [2.75, 3.05) is 47.2 Å². The Morgan fingerprint density at radius 1 is 0.895 bits per heavy atom. The highest BCUT2D eigenvalue weighted by Crippen LogP contribution is 2.00. The number of ether oxygens (including phenoxy) is 3. The average Bonchev–Trinajstić information content (AvgIpc) is 2.46. The first-order valence-corrected chi connectivity index (χ1v) is 7.16. The minimum Gasteiger partial charge on any atom is -0.382 e. The lowest BCUT2D eigenvalue weighted by molar-refractivity contribution is -0.125. The van der Waals surface area contributed by atoms with Crippen LogP contribution in [-0.2, 0) is 19.0 Å². The third-order valence-corrected chi connectivity index (χ3v) is 2.27. The number of hydrogen-bond acceptors (Lipinski definition) is 4. The summed E-state index contributed by atoms with van der Waals surface area (Å²) in [5.74, 6) is -0.0726. The normalized spacial score (nSPS) is 9.68. The minimum atomic E-state index is -0.0726. The molecule has 0 radical (unpaired) electrons. The summed E-state index contributed by atoms with van der Waals surface area (Å²) in [7, 11) is 3.28. The standard InChI is InChI=1S/C12H25NO4.C2H6/c1-13-12(14)11-17-8-6-4-3-5-7-16-10-9-15-2;1-2/h3-11H2,1-2H3,(H,13,14);1-2H3. The topological polar surface area (TPSA) is 56.8 Å². The van der Waals surface area contributed by atoms with Crippen LogP contribution in [-0.4, -0.2) is 53.1 Å². The molecule has 19 heavy (non-hydrogen) atoms. The quantitative estimate of drug-likeness (QED) is 0.554. The fraction of sp³-hybridized carbons (Fsp3) is 0.929. The molecule has 0 bridgehead atoms. The number of methoxy groups -OCH3 is 1. The van der Waals surface area contributed by atoms with Crippen LogP contribution in [0.25, 0.3) is 0 Å². The number of unbranched alkanes of at least 4 members (excludes halogenated alkanes) is 3. The van der Waals surface area contributed by atoms with E-state index < -0.39 is 0 Å². The molecule has 0 spiro atoms. The molecule has 0 heterocycles. The van der Waals surface area contributed by atoms with Gasteiger partial charge in [-0.05, 0) is 12.8 Å². The molecule has 0 aliphatic heterocycles. The fourth-order valence-corrected chi connectivity index (χ4v) is 1.24. The van der Waals surface area contributed by atoms with Crippen LogP contribution >= 0.6 is 0 Å². The van der Waals surface area contributed by atoms with Crippen LogP contribution < -0.4 is 5.32 Å². The molecule has 0 fully saturated rings. The zero-order chi connectivity index (χ0) is 14.8. The van der Waals surface area contributed by atoms with E-state index in [0.29, 0.717) is 19.8 Å². The Morgan fingerprint density at radius 3 is 2.00 bits per heavy atom. The van der Waals surface area contributed by atoms with Gasteiger partial charge in [0.2, 0.25) is 5.91 Å². The zero-order valence-corrected chi connectivity index (χ0v) is 13.0. The third kappa shape index (κ3) is 19.9. The van der Waals surface area contributed by atoms with Gasteiger partial charge in [0.05, 0.1) is 13.2 Å². The molecule has 0 aromatic rings. The van der Waals surface area contributed by atoms with Crippen LogP contribution in [0.1, 0.15) is 39.5 Å². The number of amides is 1. The number of carbonyl (C=O) groups excluding carboxylic acids is 1. The van der Waals surface area contributed by atoms with Crippen molar-refractivity contribution in [1.82, 2.24) is 5.32 Å². The molecule has 5 heteroatoms. The van der Waals surface area contributed by atoms with Crippen LogP contribution in [0.15, 0.2) is 0 Å². The van der Waals surface area contributed by atoms with Crippen molar-refractivity contribution in [2.24, 2.45) is 0 Å². The van der Waals surface area contributed by atoms with Crippen LogP contribution in [0.2, 0.25) is 0 Å². The van der Waals surface area contributed by atoms with Crippen molar-refractivity contribution in [3.8, 4) is 0 Å². The Morgan fingerprint density at radius 2 is 1.47 bits per heavy atom. The first kappa shape index (κ1) is 20.7. The minimum absolute atomic E-state index is 0.0726. The van der Waals surface area contributed by atoms with E-state index in [1.54, 1.807) is 14.2 Å². The number of likely N-dealkylation sites (N-methyl/N-ethyl adjacent to an activating group) is 1. The largest absolute Gasteiger partial charge is 0.382 e. The van der Waals surface area contributed by atoms with Crippen LogP contribution in [0.3, 0.4) is 0 Å². The van der Waals surface area contributed by atoms with Crippen molar-refractivity contribution >= 4 is 5.91 Å². The van der Waals surface area contributed by atoms with Gasteiger partial charge in [-0.2, -0.15) is 0 Å². The Hall–Kier alpha value is -0.650. The molecule has 0 rings (SSSR count). The second kappa shape index (κ2) is 19.7. The number of rotatable bonds is 12. The molecule has 0 atom stereocenters. The maximum Gasteiger partial charge on any atom is 0.245 e.